The van der Waals surface area contributed by atoms with Crippen LogP contribution in [0.3, 0.4) is 0 Å². The van der Waals surface area contributed by atoms with E-state index in [1.807, 2.05) is 6.26 Å². The summed E-state index contributed by atoms with van der Waals surface area (Å²) < 4.78 is 1.66. The fraction of sp³-hybridized carbons (Fsp3) is 0.312. The van der Waals surface area contributed by atoms with Crippen LogP contribution in [0, 0.1) is 10.1 Å². The van der Waals surface area contributed by atoms with Gasteiger partial charge in [-0.2, -0.15) is 4.98 Å². The molecular formula is C16H15N5O3S. The Bertz CT molecular complexity index is 920. The van der Waals surface area contributed by atoms with Gasteiger partial charge >= 0.3 is 0 Å². The Morgan fingerprint density at radius 2 is 2.24 bits per heavy atom. The quantitative estimate of drug-likeness (QED) is 0.512. The van der Waals surface area contributed by atoms with Crippen molar-refractivity contribution in [3.05, 3.63) is 51.2 Å². The number of carbonyl (C=O) groups excluding carboxylic acids is 1. The maximum absolute atomic E-state index is 12.6. The topological polar surface area (TPSA) is 103 Å². The third kappa shape index (κ3) is 2.60. The molecule has 0 fully saturated rings. The number of nitrogens with zero attached hydrogens (tertiary/aromatic N) is 4. The molecule has 1 aromatic carbocycles. The van der Waals surface area contributed by atoms with E-state index in [0.717, 1.165) is 18.5 Å². The molecule has 0 bridgehead atoms. The van der Waals surface area contributed by atoms with Crippen LogP contribution in [0.25, 0.3) is 0 Å². The van der Waals surface area contributed by atoms with Gasteiger partial charge in [-0.1, -0.05) is 23.9 Å². The molecule has 0 saturated carbocycles. The van der Waals surface area contributed by atoms with Crippen molar-refractivity contribution in [3.63, 3.8) is 0 Å². The number of nitro benzene ring substituents is 1. The number of fused-ring (bicyclic) bond motifs is 1. The number of ketones is 1. The minimum Gasteiger partial charge on any atom is -0.328 e. The maximum atomic E-state index is 12.6. The van der Waals surface area contributed by atoms with Gasteiger partial charge in [-0.25, -0.2) is 4.68 Å². The van der Waals surface area contributed by atoms with E-state index in [4.69, 9.17) is 0 Å². The van der Waals surface area contributed by atoms with Crippen LogP contribution in [0.15, 0.2) is 40.7 Å². The number of nitro groups is 1. The van der Waals surface area contributed by atoms with Gasteiger partial charge in [-0.3, -0.25) is 14.9 Å². The smallest absolute Gasteiger partial charge is 0.269 e. The number of non-ortho nitro benzene ring substituents is 1. The number of thioether (sulfide) groups is 1. The molecule has 0 radical (unpaired) electrons. The van der Waals surface area contributed by atoms with E-state index >= 15 is 0 Å². The number of hydrogen-bond donors (Lipinski definition) is 1. The Labute approximate surface area is 147 Å². The Hall–Kier alpha value is -2.68. The van der Waals surface area contributed by atoms with Crippen LogP contribution in [-0.4, -0.2) is 31.7 Å². The van der Waals surface area contributed by atoms with Crippen LogP contribution in [0.2, 0.25) is 0 Å². The molecule has 1 aliphatic heterocycles. The van der Waals surface area contributed by atoms with Gasteiger partial charge in [0.05, 0.1) is 4.92 Å². The van der Waals surface area contributed by atoms with Gasteiger partial charge in [0.1, 0.15) is 6.04 Å². The van der Waals surface area contributed by atoms with E-state index in [1.54, 1.807) is 16.8 Å². The summed E-state index contributed by atoms with van der Waals surface area (Å²) >= 11 is 1.41. The number of carbonyl (C=O) groups is 1. The highest BCUT2D eigenvalue weighted by atomic mass is 32.2. The minimum atomic E-state index is -0.493. The molecule has 4 rings (SSSR count). The Kier molecular flexibility index (Phi) is 3.79. The number of aromatic nitrogens is 3. The number of nitrogens with one attached hydrogen (secondary N) is 1. The van der Waals surface area contributed by atoms with Crippen LogP contribution in [-0.2, 0) is 4.79 Å². The Balaban J connectivity index is 1.91. The average Bonchev–Trinajstić information content (AvgIpc) is 3.03. The van der Waals surface area contributed by atoms with Crippen LogP contribution in [0.1, 0.15) is 30.9 Å². The molecule has 128 valence electrons. The molecule has 1 atom stereocenters. The van der Waals surface area contributed by atoms with E-state index in [0.29, 0.717) is 28.7 Å². The molecule has 2 aromatic rings. The van der Waals surface area contributed by atoms with E-state index in [9.17, 15) is 14.9 Å². The van der Waals surface area contributed by atoms with Crippen molar-refractivity contribution in [2.24, 2.45) is 0 Å². The lowest BCUT2D eigenvalue weighted by Crippen LogP contribution is -2.31. The lowest BCUT2D eigenvalue weighted by molar-refractivity contribution is -0.384. The number of benzene rings is 1. The summed E-state index contributed by atoms with van der Waals surface area (Å²) in [5.74, 6) is 0.617. The van der Waals surface area contributed by atoms with Crippen LogP contribution in [0.4, 0.5) is 11.6 Å². The molecule has 0 amide bonds. The predicted molar refractivity (Wildman–Crippen MR) is 92.5 cm³/mol. The van der Waals surface area contributed by atoms with Crippen LogP contribution < -0.4 is 5.32 Å². The summed E-state index contributed by atoms with van der Waals surface area (Å²) in [6.45, 7) is 0. The second-order valence-electron chi connectivity index (χ2n) is 5.92. The van der Waals surface area contributed by atoms with Gasteiger partial charge in [-0.15, -0.1) is 5.10 Å². The Morgan fingerprint density at radius 3 is 3.00 bits per heavy atom. The van der Waals surface area contributed by atoms with Crippen molar-refractivity contribution in [1.29, 1.82) is 0 Å². The highest BCUT2D eigenvalue weighted by Gasteiger charge is 2.37. The highest BCUT2D eigenvalue weighted by Crippen LogP contribution is 2.40. The summed E-state index contributed by atoms with van der Waals surface area (Å²) in [4.78, 5) is 27.8. The van der Waals surface area contributed by atoms with Gasteiger partial charge < -0.3 is 5.32 Å². The largest absolute Gasteiger partial charge is 0.328 e. The number of rotatable bonds is 3. The highest BCUT2D eigenvalue weighted by molar-refractivity contribution is 7.98. The van der Waals surface area contributed by atoms with Crippen LogP contribution >= 0.6 is 11.8 Å². The molecule has 2 heterocycles. The normalized spacial score (nSPS) is 19.2. The van der Waals surface area contributed by atoms with Crippen molar-refractivity contribution in [2.75, 3.05) is 11.6 Å². The van der Waals surface area contributed by atoms with Gasteiger partial charge in [-0.05, 0) is 24.7 Å². The fourth-order valence-corrected chi connectivity index (χ4v) is 3.69. The van der Waals surface area contributed by atoms with Crippen molar-refractivity contribution in [2.45, 2.75) is 30.5 Å². The molecule has 1 aromatic heterocycles. The second kappa shape index (κ2) is 5.99. The summed E-state index contributed by atoms with van der Waals surface area (Å²) in [6, 6.07) is 5.88. The monoisotopic (exact) mass is 357 g/mol. The van der Waals surface area contributed by atoms with Crippen molar-refractivity contribution in [3.8, 4) is 0 Å². The van der Waals surface area contributed by atoms with E-state index in [-0.39, 0.29) is 11.5 Å². The zero-order chi connectivity index (χ0) is 17.6. The van der Waals surface area contributed by atoms with Crippen LogP contribution in [0.5, 0.6) is 0 Å². The van der Waals surface area contributed by atoms with Gasteiger partial charge in [0.2, 0.25) is 11.1 Å². The molecule has 0 spiro atoms. The predicted octanol–water partition coefficient (Wildman–Crippen LogP) is 2.93. The molecule has 1 N–H and O–H groups in total. The minimum absolute atomic E-state index is 0.00630. The maximum Gasteiger partial charge on any atom is 0.269 e. The molecular weight excluding hydrogens is 342 g/mol. The molecule has 0 unspecified atom stereocenters. The summed E-state index contributed by atoms with van der Waals surface area (Å²) in [5, 5.41) is 19.4. The van der Waals surface area contributed by atoms with Gasteiger partial charge in [0.15, 0.2) is 5.78 Å². The van der Waals surface area contributed by atoms with Crippen molar-refractivity contribution >= 4 is 29.2 Å². The molecule has 9 heteroatoms. The van der Waals surface area contributed by atoms with Gasteiger partial charge in [0.25, 0.3) is 5.69 Å². The van der Waals surface area contributed by atoms with E-state index < -0.39 is 11.0 Å². The first kappa shape index (κ1) is 15.8. The lowest BCUT2D eigenvalue weighted by atomic mass is 9.85. The van der Waals surface area contributed by atoms with E-state index in [2.05, 4.69) is 15.4 Å². The number of hydrogen-bond acceptors (Lipinski definition) is 7. The van der Waals surface area contributed by atoms with Crippen molar-refractivity contribution in [1.82, 2.24) is 14.8 Å². The van der Waals surface area contributed by atoms with Gasteiger partial charge in [0, 0.05) is 29.8 Å². The average molecular weight is 357 g/mol. The standard InChI is InChI=1S/C16H15N5O3S/c1-25-16-18-15-17-11-6-3-7-12(22)13(11)14(20(15)19-16)9-4-2-5-10(8-9)21(23)24/h2,4-5,8,14H,3,6-7H2,1H3,(H,17,18,19)/t14-/m0/s1. The zero-order valence-corrected chi connectivity index (χ0v) is 14.2. The SMILES string of the molecule is CSc1nc2n(n1)[C@@H](c1cccc([N+](=O)[O-])c1)C1=C(CCCC1=O)N2. The summed E-state index contributed by atoms with van der Waals surface area (Å²) in [6.07, 6.45) is 3.90. The molecule has 1 aliphatic carbocycles. The number of allylic oxidation sites excluding steroid dienone is 2. The summed E-state index contributed by atoms with van der Waals surface area (Å²) in [7, 11) is 0. The summed E-state index contributed by atoms with van der Waals surface area (Å²) in [5.41, 5.74) is 2.14. The third-order valence-electron chi connectivity index (χ3n) is 4.43. The molecule has 2 aliphatic rings. The number of anilines is 1. The first-order valence-electron chi connectivity index (χ1n) is 7.86. The fourth-order valence-electron chi connectivity index (χ4n) is 3.34. The third-order valence-corrected chi connectivity index (χ3v) is 4.97. The Morgan fingerprint density at radius 1 is 1.40 bits per heavy atom. The van der Waals surface area contributed by atoms with E-state index in [1.165, 1.54) is 23.9 Å². The molecule has 0 saturated heterocycles. The van der Waals surface area contributed by atoms with Crippen molar-refractivity contribution < 1.29 is 9.72 Å². The lowest BCUT2D eigenvalue weighted by Gasteiger charge is -2.32. The first-order chi connectivity index (χ1) is 12.1. The zero-order valence-electron chi connectivity index (χ0n) is 13.4. The first-order valence-corrected chi connectivity index (χ1v) is 9.09. The second-order valence-corrected chi connectivity index (χ2v) is 6.69. The molecule has 25 heavy (non-hydrogen) atoms. The molecule has 8 nitrogen and oxygen atoms in total. The number of Topliss-reactive ketones (excluding diaryl/α,β-unsaturated/α-hetero) is 1.